The van der Waals surface area contributed by atoms with Gasteiger partial charge in [0.2, 0.25) is 26.6 Å². The molecule has 30 heavy (non-hydrogen) atoms. The number of aryl methyl sites for hydroxylation is 1. The van der Waals surface area contributed by atoms with Gasteiger partial charge in [0.05, 0.1) is 12.0 Å². The zero-order chi connectivity index (χ0) is 21.1. The van der Waals surface area contributed by atoms with E-state index < -0.39 is 9.84 Å². The first-order valence-corrected chi connectivity index (χ1v) is 11.7. The molecule has 7 heteroatoms. The molecular formula is C23H26N2O4S. The van der Waals surface area contributed by atoms with Gasteiger partial charge in [-0.3, -0.25) is 0 Å². The Kier molecular flexibility index (Phi) is 5.81. The van der Waals surface area contributed by atoms with Crippen LogP contribution in [0.5, 0.6) is 5.75 Å². The predicted octanol–water partition coefficient (Wildman–Crippen LogP) is 4.87. The largest absolute Gasteiger partial charge is 0.497 e. The molecule has 2 heterocycles. The monoisotopic (exact) mass is 426 g/mol. The van der Waals surface area contributed by atoms with Gasteiger partial charge in [-0.2, -0.15) is 4.98 Å². The number of sulfone groups is 1. The number of hydrogen-bond acceptors (Lipinski definition) is 6. The van der Waals surface area contributed by atoms with E-state index in [1.54, 1.807) is 31.4 Å². The Labute approximate surface area is 177 Å². The van der Waals surface area contributed by atoms with Crippen LogP contribution in [0.25, 0.3) is 11.5 Å². The minimum atomic E-state index is -3.85. The number of hydrogen-bond donors (Lipinski definition) is 0. The van der Waals surface area contributed by atoms with Gasteiger partial charge in [0, 0.05) is 18.7 Å². The Morgan fingerprint density at radius 1 is 0.933 bits per heavy atom. The van der Waals surface area contributed by atoms with E-state index in [0.717, 1.165) is 49.9 Å². The number of methoxy groups -OCH3 is 1. The highest BCUT2D eigenvalue weighted by Gasteiger charge is 2.31. The molecule has 2 aromatic carbocycles. The molecule has 6 nitrogen and oxygen atoms in total. The summed E-state index contributed by atoms with van der Waals surface area (Å²) in [5.74, 6) is 1.26. The summed E-state index contributed by atoms with van der Waals surface area (Å²) >= 11 is 0. The maximum Gasteiger partial charge on any atom is 0.236 e. The van der Waals surface area contributed by atoms with Gasteiger partial charge in [0.25, 0.3) is 0 Å². The van der Waals surface area contributed by atoms with Crippen LogP contribution in [-0.4, -0.2) is 33.6 Å². The van der Waals surface area contributed by atoms with Gasteiger partial charge < -0.3 is 14.1 Å². The number of ether oxygens (including phenoxy) is 1. The summed E-state index contributed by atoms with van der Waals surface area (Å²) in [5.41, 5.74) is 1.87. The molecular weight excluding hydrogens is 400 g/mol. The maximum atomic E-state index is 13.5. The van der Waals surface area contributed by atoms with Crippen LogP contribution in [-0.2, 0) is 9.84 Å². The first-order chi connectivity index (χ1) is 14.5. The average Bonchev–Trinajstić information content (AvgIpc) is 3.04. The van der Waals surface area contributed by atoms with Gasteiger partial charge in [-0.1, -0.05) is 30.5 Å². The van der Waals surface area contributed by atoms with Crippen molar-refractivity contribution in [1.82, 2.24) is 4.98 Å². The van der Waals surface area contributed by atoms with Crippen LogP contribution in [0.15, 0.2) is 62.9 Å². The number of nitrogens with zero attached hydrogens (tertiary/aromatic N) is 2. The summed E-state index contributed by atoms with van der Waals surface area (Å²) in [5, 5.41) is -0.0230. The van der Waals surface area contributed by atoms with Gasteiger partial charge in [0.15, 0.2) is 0 Å². The predicted molar refractivity (Wildman–Crippen MR) is 116 cm³/mol. The van der Waals surface area contributed by atoms with E-state index in [-0.39, 0.29) is 9.92 Å². The summed E-state index contributed by atoms with van der Waals surface area (Å²) < 4.78 is 38.2. The smallest absolute Gasteiger partial charge is 0.236 e. The lowest BCUT2D eigenvalue weighted by atomic mass is 10.1. The summed E-state index contributed by atoms with van der Waals surface area (Å²) in [4.78, 5) is 6.67. The summed E-state index contributed by atoms with van der Waals surface area (Å²) in [6, 6.07) is 14.1. The lowest BCUT2D eigenvalue weighted by Gasteiger charge is -2.20. The van der Waals surface area contributed by atoms with E-state index in [1.165, 1.54) is 0 Å². The molecule has 0 atom stereocenters. The molecule has 1 aliphatic heterocycles. The second kappa shape index (κ2) is 8.52. The Balaban J connectivity index is 1.82. The number of anilines is 1. The molecule has 1 saturated heterocycles. The third kappa shape index (κ3) is 4.07. The number of aromatic nitrogens is 1. The number of benzene rings is 2. The molecule has 0 radical (unpaired) electrons. The SMILES string of the molecule is COc1ccc(S(=O)(=O)c2nc(-c3ccc(C)cc3)oc2N2CCCCCC2)cc1. The highest BCUT2D eigenvalue weighted by molar-refractivity contribution is 7.91. The quantitative estimate of drug-likeness (QED) is 0.579. The summed E-state index contributed by atoms with van der Waals surface area (Å²) in [7, 11) is -2.31. The average molecular weight is 427 g/mol. The van der Waals surface area contributed by atoms with E-state index in [0.29, 0.717) is 17.5 Å². The summed E-state index contributed by atoms with van der Waals surface area (Å²) in [6.07, 6.45) is 4.28. The molecule has 0 aliphatic carbocycles. The van der Waals surface area contributed by atoms with E-state index >= 15 is 0 Å². The van der Waals surface area contributed by atoms with Crippen molar-refractivity contribution in [2.75, 3.05) is 25.1 Å². The zero-order valence-corrected chi connectivity index (χ0v) is 18.1. The van der Waals surface area contributed by atoms with Crippen LogP contribution in [0, 0.1) is 6.92 Å². The van der Waals surface area contributed by atoms with Crippen LogP contribution < -0.4 is 9.64 Å². The lowest BCUT2D eigenvalue weighted by molar-refractivity contribution is 0.414. The molecule has 1 fully saturated rings. The first-order valence-electron chi connectivity index (χ1n) is 10.2. The van der Waals surface area contributed by atoms with Crippen LogP contribution in [0.2, 0.25) is 0 Å². The molecule has 0 saturated carbocycles. The molecule has 4 rings (SSSR count). The third-order valence-electron chi connectivity index (χ3n) is 5.40. The second-order valence-corrected chi connectivity index (χ2v) is 9.44. The molecule has 0 N–H and O–H groups in total. The molecule has 0 spiro atoms. The maximum absolute atomic E-state index is 13.5. The summed E-state index contributed by atoms with van der Waals surface area (Å²) in [6.45, 7) is 3.52. The van der Waals surface area contributed by atoms with Gasteiger partial charge in [-0.25, -0.2) is 8.42 Å². The molecule has 1 aromatic heterocycles. The minimum Gasteiger partial charge on any atom is -0.497 e. The van der Waals surface area contributed by atoms with Crippen LogP contribution in [0.3, 0.4) is 0 Å². The topological polar surface area (TPSA) is 72.6 Å². The van der Waals surface area contributed by atoms with Crippen molar-refractivity contribution < 1.29 is 17.6 Å². The molecule has 0 unspecified atom stereocenters. The van der Waals surface area contributed by atoms with E-state index in [1.807, 2.05) is 36.1 Å². The van der Waals surface area contributed by atoms with Crippen molar-refractivity contribution in [3.8, 4) is 17.2 Å². The molecule has 1 aliphatic rings. The van der Waals surface area contributed by atoms with Crippen LogP contribution in [0.4, 0.5) is 5.88 Å². The van der Waals surface area contributed by atoms with Gasteiger partial charge in [0.1, 0.15) is 5.75 Å². The van der Waals surface area contributed by atoms with E-state index in [9.17, 15) is 8.42 Å². The second-order valence-electron chi connectivity index (χ2n) is 7.58. The van der Waals surface area contributed by atoms with E-state index in [4.69, 9.17) is 9.15 Å². The Bertz CT molecular complexity index is 1100. The Morgan fingerprint density at radius 2 is 1.57 bits per heavy atom. The lowest BCUT2D eigenvalue weighted by Crippen LogP contribution is -2.25. The number of oxazole rings is 1. The van der Waals surface area contributed by atoms with Crippen molar-refractivity contribution >= 4 is 15.7 Å². The molecule has 158 valence electrons. The molecule has 3 aromatic rings. The normalized spacial score (nSPS) is 15.1. The number of rotatable bonds is 5. The Hall–Kier alpha value is -2.80. The third-order valence-corrected chi connectivity index (χ3v) is 7.06. The fourth-order valence-electron chi connectivity index (χ4n) is 3.63. The van der Waals surface area contributed by atoms with Gasteiger partial charge in [-0.05, 0) is 56.2 Å². The van der Waals surface area contributed by atoms with Crippen molar-refractivity contribution in [3.63, 3.8) is 0 Å². The molecule has 0 amide bonds. The highest BCUT2D eigenvalue weighted by atomic mass is 32.2. The van der Waals surface area contributed by atoms with Gasteiger partial charge >= 0.3 is 0 Å². The minimum absolute atomic E-state index is 0.0230. The van der Waals surface area contributed by atoms with E-state index in [2.05, 4.69) is 4.98 Å². The standard InChI is InChI=1S/C23H26N2O4S/c1-17-7-9-18(10-8-17)21-24-22(23(29-21)25-15-5-3-4-6-16-25)30(26,27)20-13-11-19(28-2)12-14-20/h7-14H,3-6,15-16H2,1-2H3. The van der Waals surface area contributed by atoms with Gasteiger partial charge in [-0.15, -0.1) is 0 Å². The van der Waals surface area contributed by atoms with Crippen molar-refractivity contribution in [2.45, 2.75) is 42.5 Å². The van der Waals surface area contributed by atoms with Crippen molar-refractivity contribution in [2.24, 2.45) is 0 Å². The first kappa shape index (κ1) is 20.5. The zero-order valence-electron chi connectivity index (χ0n) is 17.3. The fourth-order valence-corrected chi connectivity index (χ4v) is 4.95. The fraction of sp³-hybridized carbons (Fsp3) is 0.348. The Morgan fingerprint density at radius 3 is 2.17 bits per heavy atom. The van der Waals surface area contributed by atoms with Crippen molar-refractivity contribution in [3.05, 3.63) is 54.1 Å². The molecule has 0 bridgehead atoms. The highest BCUT2D eigenvalue weighted by Crippen LogP contribution is 2.36. The van der Waals surface area contributed by atoms with Crippen LogP contribution >= 0.6 is 0 Å². The van der Waals surface area contributed by atoms with Crippen molar-refractivity contribution in [1.29, 1.82) is 0 Å². The van der Waals surface area contributed by atoms with Crippen LogP contribution in [0.1, 0.15) is 31.2 Å².